The molecule has 0 radical (unpaired) electrons. The molecule has 8 heteroatoms. The molecule has 4 rings (SSSR count). The zero-order valence-electron chi connectivity index (χ0n) is 20.6. The third-order valence-electron chi connectivity index (χ3n) is 5.57. The SMILES string of the molecule is CCCCCCOc1ccc(Br)cc1/C=N/NC(=O)c1ccc(-c2csc(Nc3ccccc3)n2)cc1. The van der Waals surface area contributed by atoms with Gasteiger partial charge in [-0.25, -0.2) is 10.4 Å². The smallest absolute Gasteiger partial charge is 0.271 e. The van der Waals surface area contributed by atoms with E-state index in [0.717, 1.165) is 50.7 Å². The van der Waals surface area contributed by atoms with Crippen molar-refractivity contribution in [1.29, 1.82) is 0 Å². The van der Waals surface area contributed by atoms with Gasteiger partial charge in [0.25, 0.3) is 5.91 Å². The molecular formula is C29H29BrN4O2S. The topological polar surface area (TPSA) is 75.6 Å². The summed E-state index contributed by atoms with van der Waals surface area (Å²) in [6.45, 7) is 2.85. The van der Waals surface area contributed by atoms with E-state index in [9.17, 15) is 4.79 Å². The molecule has 1 amide bonds. The summed E-state index contributed by atoms with van der Waals surface area (Å²) in [6, 6.07) is 23.0. The first-order valence-corrected chi connectivity index (χ1v) is 13.9. The van der Waals surface area contributed by atoms with Crippen LogP contribution >= 0.6 is 27.3 Å². The van der Waals surface area contributed by atoms with Crippen molar-refractivity contribution in [3.8, 4) is 17.0 Å². The van der Waals surface area contributed by atoms with Crippen LogP contribution in [0.4, 0.5) is 10.8 Å². The number of aromatic nitrogens is 1. The third kappa shape index (κ3) is 8.00. The van der Waals surface area contributed by atoms with Crippen molar-refractivity contribution < 1.29 is 9.53 Å². The molecular weight excluding hydrogens is 548 g/mol. The zero-order chi connectivity index (χ0) is 25.9. The lowest BCUT2D eigenvalue weighted by atomic mass is 10.1. The summed E-state index contributed by atoms with van der Waals surface area (Å²) in [4.78, 5) is 17.3. The highest BCUT2D eigenvalue weighted by molar-refractivity contribution is 9.10. The van der Waals surface area contributed by atoms with Gasteiger partial charge in [-0.3, -0.25) is 4.79 Å². The minimum atomic E-state index is -0.287. The molecule has 3 aromatic carbocycles. The first-order chi connectivity index (χ1) is 18.1. The Morgan fingerprint density at radius 1 is 1.05 bits per heavy atom. The first-order valence-electron chi connectivity index (χ1n) is 12.3. The summed E-state index contributed by atoms with van der Waals surface area (Å²) >= 11 is 5.02. The van der Waals surface area contributed by atoms with E-state index in [2.05, 4.69) is 43.7 Å². The number of halogens is 1. The minimum Gasteiger partial charge on any atom is -0.493 e. The molecule has 1 aromatic heterocycles. The average molecular weight is 578 g/mol. The van der Waals surface area contributed by atoms with Crippen molar-refractivity contribution in [2.75, 3.05) is 11.9 Å². The third-order valence-corrected chi connectivity index (χ3v) is 6.82. The van der Waals surface area contributed by atoms with E-state index in [4.69, 9.17) is 4.74 Å². The van der Waals surface area contributed by atoms with Crippen LogP contribution in [0.2, 0.25) is 0 Å². The maximum absolute atomic E-state index is 12.6. The summed E-state index contributed by atoms with van der Waals surface area (Å²) < 4.78 is 6.85. The fraction of sp³-hybridized carbons (Fsp3) is 0.207. The van der Waals surface area contributed by atoms with Crippen LogP contribution in [0.5, 0.6) is 5.75 Å². The molecule has 0 saturated heterocycles. The molecule has 2 N–H and O–H groups in total. The van der Waals surface area contributed by atoms with Crippen molar-refractivity contribution in [3.05, 3.63) is 93.8 Å². The number of nitrogens with zero attached hydrogens (tertiary/aromatic N) is 2. The van der Waals surface area contributed by atoms with Crippen LogP contribution in [-0.4, -0.2) is 23.7 Å². The molecule has 190 valence electrons. The molecule has 0 aliphatic heterocycles. The van der Waals surface area contributed by atoms with Gasteiger partial charge in [-0.2, -0.15) is 5.10 Å². The van der Waals surface area contributed by atoms with Gasteiger partial charge in [-0.05, 0) is 48.9 Å². The molecule has 1 heterocycles. The van der Waals surface area contributed by atoms with Crippen LogP contribution in [0.15, 0.2) is 87.8 Å². The second-order valence-electron chi connectivity index (χ2n) is 8.40. The monoisotopic (exact) mass is 576 g/mol. The van der Waals surface area contributed by atoms with Gasteiger partial charge in [-0.1, -0.05) is 72.4 Å². The van der Waals surface area contributed by atoms with E-state index < -0.39 is 0 Å². The molecule has 4 aromatic rings. The highest BCUT2D eigenvalue weighted by Crippen LogP contribution is 2.27. The quantitative estimate of drug-likeness (QED) is 0.102. The van der Waals surface area contributed by atoms with Gasteiger partial charge in [0.15, 0.2) is 5.13 Å². The zero-order valence-corrected chi connectivity index (χ0v) is 23.0. The lowest BCUT2D eigenvalue weighted by Crippen LogP contribution is -2.17. The number of carbonyl (C=O) groups excluding carboxylic acids is 1. The number of benzene rings is 3. The molecule has 0 aliphatic rings. The number of hydrogen-bond donors (Lipinski definition) is 2. The molecule has 0 unspecified atom stereocenters. The molecule has 37 heavy (non-hydrogen) atoms. The first kappa shape index (κ1) is 26.6. The van der Waals surface area contributed by atoms with Crippen molar-refractivity contribution in [1.82, 2.24) is 10.4 Å². The summed E-state index contributed by atoms with van der Waals surface area (Å²) in [5.41, 5.74) is 6.69. The molecule has 0 aliphatic carbocycles. The number of nitrogens with one attached hydrogen (secondary N) is 2. The number of ether oxygens (including phenoxy) is 1. The number of amides is 1. The lowest BCUT2D eigenvalue weighted by molar-refractivity contribution is 0.0955. The Labute approximate surface area is 229 Å². The second kappa shape index (κ2) is 13.7. The van der Waals surface area contributed by atoms with Gasteiger partial charge < -0.3 is 10.1 Å². The normalized spacial score (nSPS) is 11.0. The van der Waals surface area contributed by atoms with Gasteiger partial charge in [0, 0.05) is 32.2 Å². The number of anilines is 2. The average Bonchev–Trinajstić information content (AvgIpc) is 3.38. The number of hydrazone groups is 1. The highest BCUT2D eigenvalue weighted by Gasteiger charge is 2.09. The van der Waals surface area contributed by atoms with Gasteiger partial charge in [-0.15, -0.1) is 11.3 Å². The van der Waals surface area contributed by atoms with Crippen molar-refractivity contribution in [2.24, 2.45) is 5.10 Å². The summed E-state index contributed by atoms with van der Waals surface area (Å²) in [5.74, 6) is 0.455. The van der Waals surface area contributed by atoms with Gasteiger partial charge in [0.1, 0.15) is 5.75 Å². The van der Waals surface area contributed by atoms with Crippen molar-refractivity contribution in [2.45, 2.75) is 32.6 Å². The van der Waals surface area contributed by atoms with Crippen LogP contribution < -0.4 is 15.5 Å². The number of carbonyl (C=O) groups is 1. The van der Waals surface area contributed by atoms with E-state index in [1.54, 1.807) is 18.3 Å². The molecule has 0 bridgehead atoms. The van der Waals surface area contributed by atoms with Crippen molar-refractivity contribution in [3.63, 3.8) is 0 Å². The molecule has 0 atom stereocenters. The second-order valence-corrected chi connectivity index (χ2v) is 10.2. The van der Waals surface area contributed by atoms with Crippen LogP contribution in [0.1, 0.15) is 48.5 Å². The largest absolute Gasteiger partial charge is 0.493 e. The Hall–Kier alpha value is -3.49. The summed E-state index contributed by atoms with van der Waals surface area (Å²) in [6.07, 6.45) is 6.17. The Morgan fingerprint density at radius 2 is 1.86 bits per heavy atom. The predicted octanol–water partition coefficient (Wildman–Crippen LogP) is 8.04. The molecule has 6 nitrogen and oxygen atoms in total. The maximum Gasteiger partial charge on any atom is 0.271 e. The van der Waals surface area contributed by atoms with Gasteiger partial charge >= 0.3 is 0 Å². The number of unbranched alkanes of at least 4 members (excludes halogenated alkanes) is 3. The fourth-order valence-electron chi connectivity index (χ4n) is 3.59. The van der Waals surface area contributed by atoms with Crippen LogP contribution in [-0.2, 0) is 0 Å². The van der Waals surface area contributed by atoms with Gasteiger partial charge in [0.2, 0.25) is 0 Å². The lowest BCUT2D eigenvalue weighted by Gasteiger charge is -2.09. The highest BCUT2D eigenvalue weighted by atomic mass is 79.9. The fourth-order valence-corrected chi connectivity index (χ4v) is 4.71. The summed E-state index contributed by atoms with van der Waals surface area (Å²) in [5, 5.41) is 10.3. The van der Waals surface area contributed by atoms with E-state index in [1.807, 2.05) is 66.0 Å². The Bertz CT molecular complexity index is 1320. The van der Waals surface area contributed by atoms with Crippen LogP contribution in [0.3, 0.4) is 0 Å². The number of para-hydroxylation sites is 1. The predicted molar refractivity (Wildman–Crippen MR) is 156 cm³/mol. The molecule has 0 spiro atoms. The van der Waals surface area contributed by atoms with E-state index in [-0.39, 0.29) is 5.91 Å². The van der Waals surface area contributed by atoms with E-state index in [0.29, 0.717) is 12.2 Å². The number of hydrogen-bond acceptors (Lipinski definition) is 6. The number of rotatable bonds is 12. The van der Waals surface area contributed by atoms with Gasteiger partial charge in [0.05, 0.1) is 18.5 Å². The molecule has 0 saturated carbocycles. The summed E-state index contributed by atoms with van der Waals surface area (Å²) in [7, 11) is 0. The Morgan fingerprint density at radius 3 is 2.65 bits per heavy atom. The standard InChI is InChI=1S/C29H29BrN4O2S/c1-2-3-4-8-17-36-27-16-15-24(30)18-23(27)19-31-34-28(35)22-13-11-21(12-14-22)26-20-37-29(33-26)32-25-9-6-5-7-10-25/h5-7,9-16,18-20H,2-4,8,17H2,1H3,(H,32,33)(H,34,35)/b31-19+. The number of thiazole rings is 1. The van der Waals surface area contributed by atoms with E-state index >= 15 is 0 Å². The van der Waals surface area contributed by atoms with Crippen LogP contribution in [0.25, 0.3) is 11.3 Å². The van der Waals surface area contributed by atoms with Crippen LogP contribution in [0, 0.1) is 0 Å². The Balaban J connectivity index is 1.33. The van der Waals surface area contributed by atoms with Crippen molar-refractivity contribution >= 4 is 50.2 Å². The Kier molecular flexibility index (Phi) is 9.85. The van der Waals surface area contributed by atoms with E-state index in [1.165, 1.54) is 24.2 Å². The maximum atomic E-state index is 12.6. The molecule has 0 fully saturated rings. The minimum absolute atomic E-state index is 0.287.